The van der Waals surface area contributed by atoms with Crippen LogP contribution < -0.4 is 5.32 Å². The van der Waals surface area contributed by atoms with Gasteiger partial charge in [-0.25, -0.2) is 0 Å². The molecule has 3 heteroatoms. The zero-order chi connectivity index (χ0) is 12.6. The number of benzene rings is 1. The number of rotatable bonds is 2. The van der Waals surface area contributed by atoms with Crippen molar-refractivity contribution in [1.82, 2.24) is 4.57 Å². The van der Waals surface area contributed by atoms with Crippen molar-refractivity contribution in [2.75, 3.05) is 5.32 Å². The summed E-state index contributed by atoms with van der Waals surface area (Å²) in [5.74, 6) is 0.442. The molecule has 0 radical (unpaired) electrons. The fourth-order valence-electron chi connectivity index (χ4n) is 2.16. The van der Waals surface area contributed by atoms with Crippen molar-refractivity contribution in [3.8, 4) is 0 Å². The third-order valence-corrected chi connectivity index (χ3v) is 2.96. The molecule has 2 rings (SSSR count). The molecule has 1 N–H and O–H groups in total. The lowest BCUT2D eigenvalue weighted by atomic mass is 10.0. The van der Waals surface area contributed by atoms with E-state index < -0.39 is 0 Å². The molecule has 3 nitrogen and oxygen atoms in total. The standard InChI is InChI=1S/C14H18N2O/c1-9(2)13-8-16(4)14-6-5-11(7-12(13)14)15-10(3)17/h5-9H,1-4H3,(H,15,17). The second-order valence-electron chi connectivity index (χ2n) is 4.76. The molecule has 0 spiro atoms. The maximum Gasteiger partial charge on any atom is 0.221 e. The van der Waals surface area contributed by atoms with Gasteiger partial charge in [-0.15, -0.1) is 0 Å². The van der Waals surface area contributed by atoms with Crippen molar-refractivity contribution in [2.45, 2.75) is 26.7 Å². The number of hydrogen-bond acceptors (Lipinski definition) is 1. The minimum atomic E-state index is -0.0358. The summed E-state index contributed by atoms with van der Waals surface area (Å²) in [6, 6.07) is 6.03. The number of carbonyl (C=O) groups excluding carboxylic acids is 1. The van der Waals surface area contributed by atoms with Gasteiger partial charge in [0.05, 0.1) is 0 Å². The Hall–Kier alpha value is -1.77. The molecule has 2 aromatic rings. The van der Waals surface area contributed by atoms with E-state index in [4.69, 9.17) is 0 Å². The largest absolute Gasteiger partial charge is 0.350 e. The number of aromatic nitrogens is 1. The summed E-state index contributed by atoms with van der Waals surface area (Å²) in [7, 11) is 2.05. The van der Waals surface area contributed by atoms with Crippen LogP contribution in [0.25, 0.3) is 10.9 Å². The molecule has 0 bridgehead atoms. The average Bonchev–Trinajstić information content (AvgIpc) is 2.55. The highest BCUT2D eigenvalue weighted by atomic mass is 16.1. The molecule has 0 aliphatic rings. The molecule has 17 heavy (non-hydrogen) atoms. The van der Waals surface area contributed by atoms with Gasteiger partial charge in [0.25, 0.3) is 0 Å². The van der Waals surface area contributed by atoms with Crippen LogP contribution in [0, 0.1) is 0 Å². The fraction of sp³-hybridized carbons (Fsp3) is 0.357. The van der Waals surface area contributed by atoms with E-state index in [0.717, 1.165) is 5.69 Å². The van der Waals surface area contributed by atoms with E-state index in [1.807, 2.05) is 25.2 Å². The predicted octanol–water partition coefficient (Wildman–Crippen LogP) is 3.26. The third-order valence-electron chi connectivity index (χ3n) is 2.96. The van der Waals surface area contributed by atoms with Crippen LogP contribution in [0.2, 0.25) is 0 Å². The highest BCUT2D eigenvalue weighted by Gasteiger charge is 2.10. The lowest BCUT2D eigenvalue weighted by molar-refractivity contribution is -0.114. The van der Waals surface area contributed by atoms with E-state index in [2.05, 4.69) is 29.9 Å². The van der Waals surface area contributed by atoms with Crippen molar-refractivity contribution < 1.29 is 4.79 Å². The van der Waals surface area contributed by atoms with Crippen LogP contribution in [0.4, 0.5) is 5.69 Å². The van der Waals surface area contributed by atoms with Crippen LogP contribution in [0.5, 0.6) is 0 Å². The zero-order valence-corrected chi connectivity index (χ0v) is 10.7. The fourth-order valence-corrected chi connectivity index (χ4v) is 2.16. The van der Waals surface area contributed by atoms with Crippen LogP contribution in [0.3, 0.4) is 0 Å². The number of carbonyl (C=O) groups is 1. The molecule has 0 aliphatic carbocycles. The molecule has 0 saturated carbocycles. The van der Waals surface area contributed by atoms with Crippen molar-refractivity contribution in [2.24, 2.45) is 7.05 Å². The van der Waals surface area contributed by atoms with E-state index in [9.17, 15) is 4.79 Å². The number of nitrogens with zero attached hydrogens (tertiary/aromatic N) is 1. The SMILES string of the molecule is CC(=O)Nc1ccc2c(c1)c(C(C)C)cn2C. The van der Waals surface area contributed by atoms with Crippen LogP contribution in [0.15, 0.2) is 24.4 Å². The molecular formula is C14H18N2O. The topological polar surface area (TPSA) is 34.0 Å². The molecule has 0 fully saturated rings. The number of hydrogen-bond donors (Lipinski definition) is 1. The van der Waals surface area contributed by atoms with Crippen LogP contribution in [-0.4, -0.2) is 10.5 Å². The van der Waals surface area contributed by atoms with E-state index in [1.54, 1.807) is 0 Å². The van der Waals surface area contributed by atoms with E-state index in [0.29, 0.717) is 5.92 Å². The minimum Gasteiger partial charge on any atom is -0.350 e. The first kappa shape index (κ1) is 11.7. The van der Waals surface area contributed by atoms with Gasteiger partial charge >= 0.3 is 0 Å². The number of nitrogens with one attached hydrogen (secondary N) is 1. The van der Waals surface area contributed by atoms with Crippen molar-refractivity contribution in [3.63, 3.8) is 0 Å². The molecule has 1 aromatic heterocycles. The lowest BCUT2D eigenvalue weighted by Crippen LogP contribution is -2.05. The Morgan fingerprint density at radius 3 is 2.65 bits per heavy atom. The summed E-state index contributed by atoms with van der Waals surface area (Å²) in [5.41, 5.74) is 3.37. The number of amides is 1. The zero-order valence-electron chi connectivity index (χ0n) is 10.7. The van der Waals surface area contributed by atoms with E-state index in [-0.39, 0.29) is 5.91 Å². The van der Waals surface area contributed by atoms with Crippen LogP contribution in [-0.2, 0) is 11.8 Å². The lowest BCUT2D eigenvalue weighted by Gasteiger charge is -2.05. The van der Waals surface area contributed by atoms with Gasteiger partial charge in [0, 0.05) is 36.8 Å². The van der Waals surface area contributed by atoms with Gasteiger partial charge in [-0.2, -0.15) is 0 Å². The van der Waals surface area contributed by atoms with E-state index >= 15 is 0 Å². The average molecular weight is 230 g/mol. The van der Waals surface area contributed by atoms with Crippen molar-refractivity contribution in [1.29, 1.82) is 0 Å². The van der Waals surface area contributed by atoms with Gasteiger partial charge in [0.15, 0.2) is 0 Å². The summed E-state index contributed by atoms with van der Waals surface area (Å²) in [6.07, 6.45) is 2.16. The molecule has 1 aromatic carbocycles. The summed E-state index contributed by atoms with van der Waals surface area (Å²) in [4.78, 5) is 11.1. The first-order valence-corrected chi connectivity index (χ1v) is 5.85. The highest BCUT2D eigenvalue weighted by molar-refractivity contribution is 5.93. The first-order valence-electron chi connectivity index (χ1n) is 5.85. The molecule has 0 unspecified atom stereocenters. The van der Waals surface area contributed by atoms with Gasteiger partial charge in [0.2, 0.25) is 5.91 Å². The Kier molecular flexibility index (Phi) is 2.92. The van der Waals surface area contributed by atoms with E-state index in [1.165, 1.54) is 23.4 Å². The normalized spacial score (nSPS) is 11.1. The third kappa shape index (κ3) is 2.18. The monoisotopic (exact) mass is 230 g/mol. The van der Waals surface area contributed by atoms with Crippen molar-refractivity contribution in [3.05, 3.63) is 30.0 Å². The highest BCUT2D eigenvalue weighted by Crippen LogP contribution is 2.29. The maximum atomic E-state index is 11.1. The molecule has 0 saturated heterocycles. The quantitative estimate of drug-likeness (QED) is 0.844. The van der Waals surface area contributed by atoms with Crippen LogP contribution >= 0.6 is 0 Å². The molecule has 90 valence electrons. The Labute approximate surface area is 101 Å². The summed E-state index contributed by atoms with van der Waals surface area (Å²) < 4.78 is 2.13. The Morgan fingerprint density at radius 1 is 1.35 bits per heavy atom. The number of aryl methyl sites for hydroxylation is 1. The van der Waals surface area contributed by atoms with Gasteiger partial charge in [0.1, 0.15) is 0 Å². The Morgan fingerprint density at radius 2 is 2.06 bits per heavy atom. The smallest absolute Gasteiger partial charge is 0.221 e. The Bertz CT molecular complexity index is 567. The minimum absolute atomic E-state index is 0.0358. The molecule has 1 heterocycles. The number of fused-ring (bicyclic) bond motifs is 1. The summed E-state index contributed by atoms with van der Waals surface area (Å²) in [6.45, 7) is 5.89. The molecule has 0 atom stereocenters. The van der Waals surface area contributed by atoms with Gasteiger partial charge in [-0.3, -0.25) is 4.79 Å². The van der Waals surface area contributed by atoms with Gasteiger partial charge < -0.3 is 9.88 Å². The number of anilines is 1. The first-order chi connectivity index (χ1) is 7.99. The maximum absolute atomic E-state index is 11.1. The molecular weight excluding hydrogens is 212 g/mol. The predicted molar refractivity (Wildman–Crippen MR) is 71.3 cm³/mol. The molecule has 0 aliphatic heterocycles. The molecule has 1 amide bonds. The van der Waals surface area contributed by atoms with Gasteiger partial charge in [-0.05, 0) is 29.7 Å². The second-order valence-corrected chi connectivity index (χ2v) is 4.76. The second kappa shape index (κ2) is 4.24. The van der Waals surface area contributed by atoms with Gasteiger partial charge in [-0.1, -0.05) is 13.8 Å². The van der Waals surface area contributed by atoms with Crippen LogP contribution in [0.1, 0.15) is 32.3 Å². The summed E-state index contributed by atoms with van der Waals surface area (Å²) in [5, 5.41) is 4.04. The van der Waals surface area contributed by atoms with Crippen molar-refractivity contribution >= 4 is 22.5 Å². The summed E-state index contributed by atoms with van der Waals surface area (Å²) >= 11 is 0. The Balaban J connectivity index is 2.58.